The average Bonchev–Trinajstić information content (AvgIpc) is 2.40. The zero-order valence-corrected chi connectivity index (χ0v) is 10.9. The molecule has 0 saturated heterocycles. The molecule has 1 aromatic heterocycles. The zero-order valence-electron chi connectivity index (χ0n) is 10.9. The van der Waals surface area contributed by atoms with Crippen LogP contribution in [0.4, 0.5) is 23.1 Å². The highest BCUT2D eigenvalue weighted by Gasteiger charge is 2.05. The smallest absolute Gasteiger partial charge is 0.222 e. The van der Waals surface area contributed by atoms with Crippen molar-refractivity contribution in [3.8, 4) is 0 Å². The van der Waals surface area contributed by atoms with Gasteiger partial charge >= 0.3 is 0 Å². The molecular weight excluding hydrogens is 240 g/mol. The van der Waals surface area contributed by atoms with Crippen LogP contribution >= 0.6 is 0 Å². The molecule has 1 heterocycles. The normalized spacial score (nSPS) is 10.6. The third-order valence-corrected chi connectivity index (χ3v) is 2.47. The minimum Gasteiger partial charge on any atom is -0.368 e. The Labute approximate surface area is 111 Å². The summed E-state index contributed by atoms with van der Waals surface area (Å²) in [6.45, 7) is 2.04. The molecule has 19 heavy (non-hydrogen) atoms. The van der Waals surface area contributed by atoms with Gasteiger partial charge in [-0.25, -0.2) is 4.98 Å². The predicted octanol–water partition coefficient (Wildman–Crippen LogP) is 2.18. The third kappa shape index (κ3) is 3.41. The fourth-order valence-corrected chi connectivity index (χ4v) is 1.50. The Hall–Kier alpha value is -2.63. The van der Waals surface area contributed by atoms with E-state index in [1.807, 2.05) is 31.2 Å². The van der Waals surface area contributed by atoms with Crippen molar-refractivity contribution in [3.63, 3.8) is 0 Å². The molecule has 0 aliphatic rings. The SMILES string of the molecule is CN=CNc1cnc(N)nc1Nc1ccc(C)cc1. The molecular formula is C13H16N6. The fraction of sp³-hybridized carbons (Fsp3) is 0.154. The lowest BCUT2D eigenvalue weighted by molar-refractivity contribution is 1.19. The zero-order chi connectivity index (χ0) is 13.7. The van der Waals surface area contributed by atoms with Gasteiger partial charge in [0.1, 0.15) is 5.69 Å². The van der Waals surface area contributed by atoms with Gasteiger partial charge in [0.25, 0.3) is 0 Å². The maximum atomic E-state index is 5.61. The van der Waals surface area contributed by atoms with Crippen LogP contribution in [-0.2, 0) is 0 Å². The Bertz CT molecular complexity index is 576. The maximum Gasteiger partial charge on any atom is 0.222 e. The van der Waals surface area contributed by atoms with E-state index in [0.29, 0.717) is 11.5 Å². The molecule has 0 amide bonds. The van der Waals surface area contributed by atoms with Gasteiger partial charge in [0.2, 0.25) is 5.95 Å². The van der Waals surface area contributed by atoms with Crippen LogP contribution < -0.4 is 16.4 Å². The van der Waals surface area contributed by atoms with E-state index in [4.69, 9.17) is 5.73 Å². The van der Waals surface area contributed by atoms with Crippen LogP contribution in [0.15, 0.2) is 35.5 Å². The van der Waals surface area contributed by atoms with Crippen LogP contribution in [0.3, 0.4) is 0 Å². The first-order chi connectivity index (χ1) is 9.19. The highest BCUT2D eigenvalue weighted by molar-refractivity contribution is 5.83. The lowest BCUT2D eigenvalue weighted by atomic mass is 10.2. The van der Waals surface area contributed by atoms with Crippen molar-refractivity contribution in [1.82, 2.24) is 9.97 Å². The van der Waals surface area contributed by atoms with Crippen molar-refractivity contribution in [2.24, 2.45) is 4.99 Å². The molecule has 98 valence electrons. The van der Waals surface area contributed by atoms with Gasteiger partial charge in [-0.2, -0.15) is 4.98 Å². The summed E-state index contributed by atoms with van der Waals surface area (Å²) >= 11 is 0. The number of nitrogens with two attached hydrogens (primary N) is 1. The maximum absolute atomic E-state index is 5.61. The van der Waals surface area contributed by atoms with E-state index in [2.05, 4.69) is 25.6 Å². The van der Waals surface area contributed by atoms with Crippen LogP contribution in [0.5, 0.6) is 0 Å². The number of aromatic nitrogens is 2. The summed E-state index contributed by atoms with van der Waals surface area (Å²) in [5, 5.41) is 6.18. The van der Waals surface area contributed by atoms with Crippen molar-refractivity contribution in [2.75, 3.05) is 23.4 Å². The summed E-state index contributed by atoms with van der Waals surface area (Å²) in [5.41, 5.74) is 8.45. The Kier molecular flexibility index (Phi) is 3.92. The Balaban J connectivity index is 2.26. The van der Waals surface area contributed by atoms with Crippen molar-refractivity contribution < 1.29 is 0 Å². The fourth-order valence-electron chi connectivity index (χ4n) is 1.50. The van der Waals surface area contributed by atoms with E-state index in [-0.39, 0.29) is 5.95 Å². The van der Waals surface area contributed by atoms with Crippen molar-refractivity contribution >= 4 is 29.5 Å². The minimum atomic E-state index is 0.216. The lowest BCUT2D eigenvalue weighted by Gasteiger charge is -2.10. The standard InChI is InChI=1S/C13H16N6/c1-9-3-5-10(6-4-9)18-12-11(17-8-15-2)7-16-13(14)19-12/h3-8H,1-2H3,(H,15,17)(H3,14,16,18,19). The molecule has 0 spiro atoms. The number of hydrogen-bond donors (Lipinski definition) is 3. The molecule has 1 aromatic carbocycles. The largest absolute Gasteiger partial charge is 0.368 e. The van der Waals surface area contributed by atoms with Gasteiger partial charge < -0.3 is 16.4 Å². The molecule has 0 saturated carbocycles. The molecule has 0 bridgehead atoms. The molecule has 6 heteroatoms. The Morgan fingerprint density at radius 3 is 2.68 bits per heavy atom. The van der Waals surface area contributed by atoms with Crippen LogP contribution in [0.1, 0.15) is 5.56 Å². The number of hydrogen-bond acceptors (Lipinski definition) is 5. The van der Waals surface area contributed by atoms with Gasteiger partial charge in [0, 0.05) is 12.7 Å². The van der Waals surface area contributed by atoms with Crippen LogP contribution in [0.2, 0.25) is 0 Å². The quantitative estimate of drug-likeness (QED) is 0.576. The number of nitrogens with one attached hydrogen (secondary N) is 2. The van der Waals surface area contributed by atoms with Gasteiger partial charge in [0.05, 0.1) is 12.5 Å². The summed E-state index contributed by atoms with van der Waals surface area (Å²) in [7, 11) is 1.68. The monoisotopic (exact) mass is 256 g/mol. The van der Waals surface area contributed by atoms with Crippen molar-refractivity contribution in [1.29, 1.82) is 0 Å². The van der Waals surface area contributed by atoms with E-state index < -0.39 is 0 Å². The second-order valence-electron chi connectivity index (χ2n) is 4.01. The molecule has 0 radical (unpaired) electrons. The van der Waals surface area contributed by atoms with Crippen molar-refractivity contribution in [3.05, 3.63) is 36.0 Å². The van der Waals surface area contributed by atoms with E-state index in [1.54, 1.807) is 19.6 Å². The molecule has 2 aromatic rings. The van der Waals surface area contributed by atoms with Crippen molar-refractivity contribution in [2.45, 2.75) is 6.92 Å². The average molecular weight is 256 g/mol. The lowest BCUT2D eigenvalue weighted by Crippen LogP contribution is -2.05. The number of rotatable bonds is 4. The van der Waals surface area contributed by atoms with Gasteiger partial charge in [-0.1, -0.05) is 17.7 Å². The minimum absolute atomic E-state index is 0.216. The third-order valence-electron chi connectivity index (χ3n) is 2.47. The molecule has 0 unspecified atom stereocenters. The van der Waals surface area contributed by atoms with Gasteiger partial charge in [0.15, 0.2) is 5.82 Å². The highest BCUT2D eigenvalue weighted by atomic mass is 15.1. The highest BCUT2D eigenvalue weighted by Crippen LogP contribution is 2.23. The number of aryl methyl sites for hydroxylation is 1. The number of nitrogen functional groups attached to an aromatic ring is 1. The molecule has 6 nitrogen and oxygen atoms in total. The first kappa shape index (κ1) is 12.8. The second-order valence-corrected chi connectivity index (χ2v) is 4.01. The van der Waals surface area contributed by atoms with Gasteiger partial charge in [-0.3, -0.25) is 4.99 Å². The summed E-state index contributed by atoms with van der Waals surface area (Å²) in [5.74, 6) is 0.824. The summed E-state index contributed by atoms with van der Waals surface area (Å²) in [4.78, 5) is 12.0. The molecule has 4 N–H and O–H groups in total. The van der Waals surface area contributed by atoms with E-state index in [1.165, 1.54) is 5.56 Å². The molecule has 2 rings (SSSR count). The van der Waals surface area contributed by atoms with E-state index in [0.717, 1.165) is 5.69 Å². The second kappa shape index (κ2) is 5.81. The van der Waals surface area contributed by atoms with Crippen LogP contribution in [0, 0.1) is 6.92 Å². The molecule has 0 aliphatic carbocycles. The Morgan fingerprint density at radius 1 is 1.26 bits per heavy atom. The van der Waals surface area contributed by atoms with E-state index in [9.17, 15) is 0 Å². The molecule has 0 fully saturated rings. The van der Waals surface area contributed by atoms with Crippen LogP contribution in [-0.4, -0.2) is 23.4 Å². The molecule has 0 atom stereocenters. The summed E-state index contributed by atoms with van der Waals surface area (Å²) < 4.78 is 0. The predicted molar refractivity (Wildman–Crippen MR) is 78.9 cm³/mol. The van der Waals surface area contributed by atoms with Gasteiger partial charge in [-0.15, -0.1) is 0 Å². The first-order valence-electron chi connectivity index (χ1n) is 5.82. The van der Waals surface area contributed by atoms with Crippen LogP contribution in [0.25, 0.3) is 0 Å². The Morgan fingerprint density at radius 2 is 2.00 bits per heavy atom. The van der Waals surface area contributed by atoms with E-state index >= 15 is 0 Å². The van der Waals surface area contributed by atoms with Gasteiger partial charge in [-0.05, 0) is 19.1 Å². The number of benzene rings is 1. The summed E-state index contributed by atoms with van der Waals surface area (Å²) in [6.07, 6.45) is 3.18. The number of aliphatic imine (C=N–C) groups is 1. The number of nitrogens with zero attached hydrogens (tertiary/aromatic N) is 3. The molecule has 0 aliphatic heterocycles. The topological polar surface area (TPSA) is 88.2 Å². The first-order valence-corrected chi connectivity index (χ1v) is 5.82. The summed E-state index contributed by atoms with van der Waals surface area (Å²) in [6, 6.07) is 8.00. The number of anilines is 4.